The molecule has 2 N–H and O–H groups in total. The molecular formula is C47H34N8. The first-order valence-corrected chi connectivity index (χ1v) is 18.9. The van der Waals surface area contributed by atoms with Crippen LogP contribution in [-0.4, -0.2) is 39.1 Å². The van der Waals surface area contributed by atoms with Crippen LogP contribution in [0.4, 0.5) is 0 Å². The van der Waals surface area contributed by atoms with E-state index >= 15 is 0 Å². The quantitative estimate of drug-likeness (QED) is 0.202. The lowest BCUT2D eigenvalue weighted by atomic mass is 9.91. The third-order valence-corrected chi connectivity index (χ3v) is 11.6. The maximum Gasteiger partial charge on any atom is 0.220 e. The van der Waals surface area contributed by atoms with Gasteiger partial charge >= 0.3 is 0 Å². The Morgan fingerprint density at radius 1 is 0.636 bits per heavy atom. The van der Waals surface area contributed by atoms with Gasteiger partial charge in [0.15, 0.2) is 0 Å². The van der Waals surface area contributed by atoms with E-state index in [9.17, 15) is 0 Å². The van der Waals surface area contributed by atoms with E-state index < -0.39 is 0 Å². The number of pyridine rings is 2. The number of rotatable bonds is 4. The first-order chi connectivity index (χ1) is 27.2. The Hall–Kier alpha value is -7.03. The van der Waals surface area contributed by atoms with Crippen molar-refractivity contribution in [2.75, 3.05) is 0 Å². The van der Waals surface area contributed by atoms with Gasteiger partial charge in [-0.15, -0.1) is 0 Å². The molecule has 0 spiro atoms. The van der Waals surface area contributed by atoms with Crippen LogP contribution in [0.15, 0.2) is 134 Å². The van der Waals surface area contributed by atoms with Crippen LogP contribution in [-0.2, 0) is 6.42 Å². The summed E-state index contributed by atoms with van der Waals surface area (Å²) >= 11 is 0. The molecule has 0 amide bonds. The highest BCUT2D eigenvalue weighted by Gasteiger charge is 2.24. The second-order valence-electron chi connectivity index (χ2n) is 14.7. The first kappa shape index (κ1) is 30.4. The zero-order valence-corrected chi connectivity index (χ0v) is 29.8. The van der Waals surface area contributed by atoms with Gasteiger partial charge in [0.05, 0.1) is 32.8 Å². The molecule has 262 valence electrons. The number of fused-ring (bicyclic) bond motifs is 11. The summed E-state index contributed by atoms with van der Waals surface area (Å²) in [7, 11) is 0. The minimum Gasteiger partial charge on any atom is -0.324 e. The third-order valence-electron chi connectivity index (χ3n) is 11.6. The van der Waals surface area contributed by atoms with Crippen molar-refractivity contribution in [2.45, 2.75) is 25.3 Å². The lowest BCUT2D eigenvalue weighted by Gasteiger charge is -2.18. The number of hydrogen-bond acceptors (Lipinski definition) is 4. The van der Waals surface area contributed by atoms with E-state index in [1.54, 1.807) is 0 Å². The van der Waals surface area contributed by atoms with Crippen molar-refractivity contribution in [2.24, 2.45) is 5.73 Å². The minimum atomic E-state index is -0.0496. The van der Waals surface area contributed by atoms with Gasteiger partial charge in [0, 0.05) is 69.1 Å². The first-order valence-electron chi connectivity index (χ1n) is 18.9. The molecule has 6 aromatic heterocycles. The lowest BCUT2D eigenvalue weighted by Crippen LogP contribution is -2.35. The van der Waals surface area contributed by atoms with E-state index in [1.807, 2.05) is 30.7 Å². The molecule has 2 aliphatic carbocycles. The summed E-state index contributed by atoms with van der Waals surface area (Å²) < 4.78 is 9.23. The molecule has 0 fully saturated rings. The fraction of sp³-hybridized carbons (Fsp3) is 0.0851. The Morgan fingerprint density at radius 2 is 1.44 bits per heavy atom. The zero-order chi connectivity index (χ0) is 36.2. The Labute approximate surface area is 315 Å². The molecule has 6 heterocycles. The normalized spacial score (nSPS) is 15.4. The molecule has 1 atom stereocenters. The van der Waals surface area contributed by atoms with E-state index in [2.05, 4.69) is 144 Å². The predicted octanol–water partition coefficient (Wildman–Crippen LogP) is 7.89. The van der Waals surface area contributed by atoms with Crippen molar-refractivity contribution in [3.05, 3.63) is 161 Å². The van der Waals surface area contributed by atoms with Crippen molar-refractivity contribution in [3.63, 3.8) is 0 Å². The highest BCUT2D eigenvalue weighted by Crippen LogP contribution is 2.40. The largest absolute Gasteiger partial charge is 0.324 e. The van der Waals surface area contributed by atoms with Gasteiger partial charge in [-0.25, -0.2) is 9.97 Å². The maximum atomic E-state index is 6.48. The van der Waals surface area contributed by atoms with E-state index in [1.165, 1.54) is 44.4 Å². The standard InChI is InChI=1S/C47H34N8/c48-31-15-17-39-44(26-31)55-45-27-34(16-20-43(45)54(47(55)51-39)33-10-5-2-6-11-33)53-41-19-14-29(24-36(41)35-12-7-22-50-46(35)53)30-13-18-40-37(25-30)38-28-49-23-21-42(38)52(40)32-8-3-1-4-9-32/h1-12,14,16-17,19-28,31H,13,15,18,48H2. The summed E-state index contributed by atoms with van der Waals surface area (Å²) in [5, 5.41) is 5.51. The number of nitrogens with two attached hydrogens (primary N) is 1. The summed E-state index contributed by atoms with van der Waals surface area (Å²) in [6.07, 6.45) is 15.2. The van der Waals surface area contributed by atoms with E-state index in [4.69, 9.17) is 15.7 Å². The van der Waals surface area contributed by atoms with Crippen LogP contribution in [0.25, 0.3) is 90.5 Å². The maximum absolute atomic E-state index is 6.48. The number of aromatic nitrogens is 7. The molecule has 0 aliphatic heterocycles. The summed E-state index contributed by atoms with van der Waals surface area (Å²) in [4.78, 5) is 14.7. The van der Waals surface area contributed by atoms with Crippen molar-refractivity contribution < 1.29 is 0 Å². The molecule has 0 saturated carbocycles. The van der Waals surface area contributed by atoms with Gasteiger partial charge in [0.1, 0.15) is 5.65 Å². The molecule has 8 heteroatoms. The van der Waals surface area contributed by atoms with Gasteiger partial charge in [-0.05, 0) is 115 Å². The van der Waals surface area contributed by atoms with Gasteiger partial charge in [0.2, 0.25) is 5.78 Å². The highest BCUT2D eigenvalue weighted by molar-refractivity contribution is 6.09. The summed E-state index contributed by atoms with van der Waals surface area (Å²) in [5.74, 6) is 0.876. The molecular weight excluding hydrogens is 677 g/mol. The summed E-state index contributed by atoms with van der Waals surface area (Å²) in [6, 6.07) is 41.1. The molecule has 10 aromatic rings. The summed E-state index contributed by atoms with van der Waals surface area (Å²) in [6.45, 7) is 0. The monoisotopic (exact) mass is 710 g/mol. The van der Waals surface area contributed by atoms with E-state index in [0.717, 1.165) is 74.7 Å². The van der Waals surface area contributed by atoms with Crippen LogP contribution in [0.1, 0.15) is 29.7 Å². The molecule has 0 saturated heterocycles. The average molecular weight is 711 g/mol. The van der Waals surface area contributed by atoms with Crippen LogP contribution in [0.5, 0.6) is 0 Å². The number of nitrogens with zero attached hydrogens (tertiary/aromatic N) is 7. The Morgan fingerprint density at radius 3 is 2.29 bits per heavy atom. The van der Waals surface area contributed by atoms with Crippen molar-refractivity contribution in [1.82, 2.24) is 33.1 Å². The fourth-order valence-electron chi connectivity index (χ4n) is 9.14. The van der Waals surface area contributed by atoms with E-state index in [-0.39, 0.29) is 6.04 Å². The van der Waals surface area contributed by atoms with Crippen LogP contribution in [0.3, 0.4) is 0 Å². The number of hydrogen-bond donors (Lipinski definition) is 1. The SMILES string of the molecule is NC1C=c2c(nc3n(-c4ccccc4)c4ccc(-n5c6ccc(C7=Cc8c(n(-c9ccccc9)c9ccncc89)CC7)cc6c6cccnc65)cc4n23)=CC1. The second-order valence-corrected chi connectivity index (χ2v) is 14.7. The van der Waals surface area contributed by atoms with Crippen LogP contribution in [0.2, 0.25) is 0 Å². The van der Waals surface area contributed by atoms with Gasteiger partial charge in [-0.3, -0.25) is 18.5 Å². The van der Waals surface area contributed by atoms with Crippen molar-refractivity contribution >= 4 is 73.5 Å². The smallest absolute Gasteiger partial charge is 0.220 e. The second kappa shape index (κ2) is 11.5. The third kappa shape index (κ3) is 4.40. The molecule has 4 aromatic carbocycles. The molecule has 1 unspecified atom stereocenters. The molecule has 2 aliphatic rings. The van der Waals surface area contributed by atoms with Gasteiger partial charge in [0.25, 0.3) is 0 Å². The van der Waals surface area contributed by atoms with Gasteiger partial charge in [-0.1, -0.05) is 48.5 Å². The Balaban J connectivity index is 1.05. The number of benzene rings is 4. The van der Waals surface area contributed by atoms with Crippen molar-refractivity contribution in [3.8, 4) is 17.1 Å². The Kier molecular flexibility index (Phi) is 6.35. The van der Waals surface area contributed by atoms with Gasteiger partial charge in [-0.2, -0.15) is 0 Å². The molecule has 0 radical (unpaired) electrons. The molecule has 0 bridgehead atoms. The number of allylic oxidation sites excluding steroid dienone is 1. The fourth-order valence-corrected chi connectivity index (χ4v) is 9.14. The zero-order valence-electron chi connectivity index (χ0n) is 29.8. The number of para-hydroxylation sites is 2. The van der Waals surface area contributed by atoms with Crippen molar-refractivity contribution in [1.29, 1.82) is 0 Å². The summed E-state index contributed by atoms with van der Waals surface area (Å²) in [5.41, 5.74) is 20.3. The molecule has 12 rings (SSSR count). The number of imidazole rings is 2. The Bertz CT molecular complexity index is 3360. The topological polar surface area (TPSA) is 83.9 Å². The van der Waals surface area contributed by atoms with Crippen LogP contribution >= 0.6 is 0 Å². The molecule has 55 heavy (non-hydrogen) atoms. The van der Waals surface area contributed by atoms with E-state index in [0.29, 0.717) is 0 Å². The minimum absolute atomic E-state index is 0.0496. The molecule has 8 nitrogen and oxygen atoms in total. The highest BCUT2D eigenvalue weighted by atomic mass is 15.2. The van der Waals surface area contributed by atoms with Crippen LogP contribution in [0, 0.1) is 0 Å². The van der Waals surface area contributed by atoms with Crippen LogP contribution < -0.4 is 16.4 Å². The lowest BCUT2D eigenvalue weighted by molar-refractivity contribution is 0.878. The average Bonchev–Trinajstić information content (AvgIpc) is 3.96. The predicted molar refractivity (Wildman–Crippen MR) is 222 cm³/mol. The van der Waals surface area contributed by atoms with Gasteiger partial charge < -0.3 is 10.3 Å².